The summed E-state index contributed by atoms with van der Waals surface area (Å²) in [5.74, 6) is 0.221. The summed E-state index contributed by atoms with van der Waals surface area (Å²) in [5.41, 5.74) is 0.868. The Bertz CT molecular complexity index is 341. The summed E-state index contributed by atoms with van der Waals surface area (Å²) >= 11 is 0. The zero-order valence-corrected chi connectivity index (χ0v) is 7.76. The third-order valence-electron chi connectivity index (χ3n) is 2.50. The molecule has 4 nitrogen and oxygen atoms in total. The van der Waals surface area contributed by atoms with Crippen molar-refractivity contribution < 1.29 is 5.11 Å². The van der Waals surface area contributed by atoms with Crippen LogP contribution in [0.4, 0.5) is 5.69 Å². The van der Waals surface area contributed by atoms with E-state index in [1.165, 1.54) is 0 Å². The van der Waals surface area contributed by atoms with Crippen LogP contribution in [-0.4, -0.2) is 17.8 Å². The number of nitrogens with zero attached hydrogens (tertiary/aromatic N) is 2. The molecule has 1 heterocycles. The van der Waals surface area contributed by atoms with E-state index in [4.69, 9.17) is 0 Å². The van der Waals surface area contributed by atoms with E-state index < -0.39 is 0 Å². The SMILES string of the molecule is O=NC1CCCN1c1cccc(O)c1. The summed E-state index contributed by atoms with van der Waals surface area (Å²) < 4.78 is 0. The Balaban J connectivity index is 2.25. The molecule has 0 aliphatic carbocycles. The molecule has 74 valence electrons. The fourth-order valence-electron chi connectivity index (χ4n) is 1.83. The molecule has 0 aromatic heterocycles. The summed E-state index contributed by atoms with van der Waals surface area (Å²) in [5, 5.41) is 12.4. The van der Waals surface area contributed by atoms with Crippen molar-refractivity contribution in [2.24, 2.45) is 5.18 Å². The molecule has 1 aromatic rings. The molecule has 1 aliphatic rings. The van der Waals surface area contributed by atoms with Gasteiger partial charge in [-0.3, -0.25) is 0 Å². The second kappa shape index (κ2) is 3.65. The van der Waals surface area contributed by atoms with Crippen LogP contribution >= 0.6 is 0 Å². The van der Waals surface area contributed by atoms with E-state index in [2.05, 4.69) is 5.18 Å². The van der Waals surface area contributed by atoms with E-state index in [0.29, 0.717) is 0 Å². The summed E-state index contributed by atoms with van der Waals surface area (Å²) in [6.07, 6.45) is 1.52. The van der Waals surface area contributed by atoms with Crippen LogP contribution in [0.5, 0.6) is 5.75 Å². The molecule has 14 heavy (non-hydrogen) atoms. The summed E-state index contributed by atoms with van der Waals surface area (Å²) in [7, 11) is 0. The van der Waals surface area contributed by atoms with E-state index in [0.717, 1.165) is 25.1 Å². The van der Waals surface area contributed by atoms with Gasteiger partial charge >= 0.3 is 0 Å². The smallest absolute Gasteiger partial charge is 0.163 e. The van der Waals surface area contributed by atoms with Crippen LogP contribution in [0.2, 0.25) is 0 Å². The number of phenolic OH excluding ortho intramolecular Hbond substituents is 1. The van der Waals surface area contributed by atoms with Gasteiger partial charge in [0.05, 0.1) is 0 Å². The summed E-state index contributed by atoms with van der Waals surface area (Å²) in [6.45, 7) is 0.833. The van der Waals surface area contributed by atoms with Crippen molar-refractivity contribution in [3.8, 4) is 5.75 Å². The minimum absolute atomic E-state index is 0.221. The highest BCUT2D eigenvalue weighted by Gasteiger charge is 2.25. The molecule has 0 bridgehead atoms. The van der Waals surface area contributed by atoms with Gasteiger partial charge < -0.3 is 10.0 Å². The quantitative estimate of drug-likeness (QED) is 0.730. The molecule has 1 aromatic carbocycles. The number of anilines is 1. The molecular formula is C10H12N2O2. The topological polar surface area (TPSA) is 52.9 Å². The lowest BCUT2D eigenvalue weighted by Gasteiger charge is -2.21. The van der Waals surface area contributed by atoms with Crippen molar-refractivity contribution in [2.75, 3.05) is 11.4 Å². The van der Waals surface area contributed by atoms with Crippen molar-refractivity contribution in [3.63, 3.8) is 0 Å². The van der Waals surface area contributed by atoms with Crippen LogP contribution in [0.3, 0.4) is 0 Å². The first-order valence-electron chi connectivity index (χ1n) is 4.69. The lowest BCUT2D eigenvalue weighted by atomic mass is 10.2. The molecule has 1 unspecified atom stereocenters. The van der Waals surface area contributed by atoms with E-state index in [-0.39, 0.29) is 11.9 Å². The molecule has 0 saturated carbocycles. The average molecular weight is 192 g/mol. The Morgan fingerprint density at radius 1 is 1.50 bits per heavy atom. The minimum atomic E-state index is -0.267. The first-order valence-corrected chi connectivity index (χ1v) is 4.69. The van der Waals surface area contributed by atoms with Crippen molar-refractivity contribution in [3.05, 3.63) is 29.2 Å². The van der Waals surface area contributed by atoms with Gasteiger partial charge in [-0.25, -0.2) is 0 Å². The van der Waals surface area contributed by atoms with E-state index in [9.17, 15) is 10.0 Å². The highest BCUT2D eigenvalue weighted by atomic mass is 16.3. The van der Waals surface area contributed by atoms with Crippen molar-refractivity contribution in [1.29, 1.82) is 0 Å². The molecule has 1 saturated heterocycles. The minimum Gasteiger partial charge on any atom is -0.508 e. The number of nitroso groups, excluding NO2 is 1. The molecular weight excluding hydrogens is 180 g/mol. The monoisotopic (exact) mass is 192 g/mol. The fraction of sp³-hybridized carbons (Fsp3) is 0.400. The normalized spacial score (nSPS) is 21.1. The molecule has 1 N–H and O–H groups in total. The lowest BCUT2D eigenvalue weighted by molar-refractivity contribution is 0.475. The summed E-state index contributed by atoms with van der Waals surface area (Å²) in [6, 6.07) is 6.92. The predicted molar refractivity (Wildman–Crippen MR) is 54.3 cm³/mol. The van der Waals surface area contributed by atoms with Gasteiger partial charge in [-0.1, -0.05) is 6.07 Å². The maximum absolute atomic E-state index is 10.5. The molecule has 1 aliphatic heterocycles. The zero-order valence-electron chi connectivity index (χ0n) is 7.76. The highest BCUT2D eigenvalue weighted by molar-refractivity contribution is 5.51. The van der Waals surface area contributed by atoms with E-state index in [1.807, 2.05) is 11.0 Å². The largest absolute Gasteiger partial charge is 0.508 e. The van der Waals surface area contributed by atoms with Gasteiger partial charge in [-0.05, 0) is 30.2 Å². The van der Waals surface area contributed by atoms with Gasteiger partial charge in [-0.15, -0.1) is 4.91 Å². The zero-order chi connectivity index (χ0) is 9.97. The van der Waals surface area contributed by atoms with Gasteiger partial charge in [0.1, 0.15) is 5.75 Å². The molecule has 0 amide bonds. The Labute approximate surface area is 82.1 Å². The van der Waals surface area contributed by atoms with Gasteiger partial charge in [0.2, 0.25) is 0 Å². The second-order valence-corrected chi connectivity index (χ2v) is 3.44. The number of benzene rings is 1. The predicted octanol–water partition coefficient (Wildman–Crippen LogP) is 2.08. The molecule has 0 spiro atoms. The molecule has 1 atom stereocenters. The average Bonchev–Trinajstić information content (AvgIpc) is 2.65. The number of rotatable bonds is 2. The molecule has 1 fully saturated rings. The number of phenols is 1. The van der Waals surface area contributed by atoms with Crippen molar-refractivity contribution >= 4 is 5.69 Å². The summed E-state index contributed by atoms with van der Waals surface area (Å²) in [4.78, 5) is 12.4. The molecule has 0 radical (unpaired) electrons. The first kappa shape index (κ1) is 8.99. The molecule has 4 heteroatoms. The van der Waals surface area contributed by atoms with Crippen LogP contribution < -0.4 is 4.90 Å². The van der Waals surface area contributed by atoms with Crippen LogP contribution in [0.15, 0.2) is 29.4 Å². The second-order valence-electron chi connectivity index (χ2n) is 3.44. The lowest BCUT2D eigenvalue weighted by Crippen LogP contribution is -2.26. The van der Waals surface area contributed by atoms with Gasteiger partial charge in [0.15, 0.2) is 6.17 Å². The van der Waals surface area contributed by atoms with Gasteiger partial charge in [0, 0.05) is 18.3 Å². The van der Waals surface area contributed by atoms with Gasteiger partial charge in [0.25, 0.3) is 0 Å². The van der Waals surface area contributed by atoms with Crippen LogP contribution in [0.25, 0.3) is 0 Å². The number of hydrogen-bond acceptors (Lipinski definition) is 4. The van der Waals surface area contributed by atoms with Crippen LogP contribution in [0, 0.1) is 4.91 Å². The first-order chi connectivity index (χ1) is 6.81. The van der Waals surface area contributed by atoms with Crippen molar-refractivity contribution in [2.45, 2.75) is 19.0 Å². The van der Waals surface area contributed by atoms with Gasteiger partial charge in [-0.2, -0.15) is 0 Å². The highest BCUT2D eigenvalue weighted by Crippen LogP contribution is 2.28. The Morgan fingerprint density at radius 2 is 2.36 bits per heavy atom. The van der Waals surface area contributed by atoms with Crippen molar-refractivity contribution in [1.82, 2.24) is 0 Å². The number of hydrogen-bond donors (Lipinski definition) is 1. The fourth-order valence-corrected chi connectivity index (χ4v) is 1.83. The third kappa shape index (κ3) is 1.55. The standard InChI is InChI=1S/C10H12N2O2/c13-9-4-1-3-8(7-9)12-6-2-5-10(12)11-14/h1,3-4,7,10,13H,2,5-6H2. The Hall–Kier alpha value is -1.58. The van der Waals surface area contributed by atoms with E-state index >= 15 is 0 Å². The maximum Gasteiger partial charge on any atom is 0.163 e. The Morgan fingerprint density at radius 3 is 3.07 bits per heavy atom. The van der Waals surface area contributed by atoms with E-state index in [1.54, 1.807) is 18.2 Å². The number of aromatic hydroxyl groups is 1. The Kier molecular flexibility index (Phi) is 2.35. The maximum atomic E-state index is 10.5. The third-order valence-corrected chi connectivity index (χ3v) is 2.50. The molecule has 2 rings (SSSR count). The van der Waals surface area contributed by atoms with Crippen LogP contribution in [-0.2, 0) is 0 Å². The van der Waals surface area contributed by atoms with Crippen LogP contribution in [0.1, 0.15) is 12.8 Å².